The summed E-state index contributed by atoms with van der Waals surface area (Å²) in [5.41, 5.74) is 1.44. The molecule has 11 nitrogen and oxygen atoms in total. The molecule has 0 amide bonds. The van der Waals surface area contributed by atoms with Gasteiger partial charge in [-0.1, -0.05) is 31.3 Å². The third-order valence-corrected chi connectivity index (χ3v) is 7.51. The Morgan fingerprint density at radius 3 is 2.19 bits per heavy atom. The van der Waals surface area contributed by atoms with Crippen LogP contribution in [0.5, 0.6) is 28.7 Å². The summed E-state index contributed by atoms with van der Waals surface area (Å²) in [7, 11) is 5.98. The molecule has 0 saturated carbocycles. The molecule has 2 heterocycles. The fourth-order valence-corrected chi connectivity index (χ4v) is 5.69. The topological polar surface area (TPSA) is 124 Å². The summed E-state index contributed by atoms with van der Waals surface area (Å²) in [5, 5.41) is 0. The molecule has 43 heavy (non-hydrogen) atoms. The fourth-order valence-electron chi connectivity index (χ4n) is 4.65. The molecule has 12 heteroatoms. The lowest BCUT2D eigenvalue weighted by molar-refractivity contribution is -0.140. The molecule has 0 saturated heterocycles. The van der Waals surface area contributed by atoms with E-state index in [0.717, 1.165) is 0 Å². The lowest BCUT2D eigenvalue weighted by atomic mass is 9.95. The number of ether oxygens (including phenoxy) is 6. The van der Waals surface area contributed by atoms with E-state index in [-0.39, 0.29) is 35.2 Å². The zero-order valence-electron chi connectivity index (χ0n) is 25.3. The largest absolute Gasteiger partial charge is 0.493 e. The van der Waals surface area contributed by atoms with Gasteiger partial charge in [0.25, 0.3) is 5.56 Å². The Bertz CT molecular complexity index is 1740. The monoisotopic (exact) mass is 610 g/mol. The number of allylic oxidation sites excluding steroid dienone is 1. The first-order chi connectivity index (χ1) is 20.5. The minimum Gasteiger partial charge on any atom is -0.493 e. The summed E-state index contributed by atoms with van der Waals surface area (Å²) < 4.78 is 34.6. The third-order valence-electron chi connectivity index (χ3n) is 6.53. The molecule has 1 aliphatic rings. The summed E-state index contributed by atoms with van der Waals surface area (Å²) >= 11 is 1.18. The van der Waals surface area contributed by atoms with E-state index in [9.17, 15) is 14.4 Å². The van der Waals surface area contributed by atoms with Gasteiger partial charge in [-0.25, -0.2) is 9.79 Å². The van der Waals surface area contributed by atoms with Gasteiger partial charge in [0.15, 0.2) is 27.8 Å². The maximum atomic E-state index is 14.1. The zero-order valence-corrected chi connectivity index (χ0v) is 26.1. The molecule has 1 atom stereocenters. The lowest BCUT2D eigenvalue weighted by Gasteiger charge is -2.25. The highest BCUT2D eigenvalue weighted by Crippen LogP contribution is 2.39. The quantitative estimate of drug-likeness (QED) is 0.251. The Balaban J connectivity index is 1.94. The van der Waals surface area contributed by atoms with Gasteiger partial charge in [-0.3, -0.25) is 14.2 Å². The number of thiazole rings is 1. The Morgan fingerprint density at radius 2 is 1.63 bits per heavy atom. The van der Waals surface area contributed by atoms with Crippen LogP contribution < -0.4 is 38.6 Å². The van der Waals surface area contributed by atoms with E-state index in [1.807, 2.05) is 13.8 Å². The minimum absolute atomic E-state index is 0.103. The SMILES string of the molecule is COc1cc(C2C(C(=O)OCC(C)C)=C(C)N=c3sc(=Cc4cc(OC)c(OC)c(OC)c4)c(=O)n32)ccc1OC(C)=O. The first kappa shape index (κ1) is 31.4. The number of nitrogens with zero attached hydrogens (tertiary/aromatic N) is 2. The van der Waals surface area contributed by atoms with Gasteiger partial charge in [0.2, 0.25) is 5.75 Å². The first-order valence-corrected chi connectivity index (χ1v) is 14.2. The molecule has 0 bridgehead atoms. The van der Waals surface area contributed by atoms with Crippen molar-refractivity contribution >= 4 is 29.4 Å². The number of rotatable bonds is 10. The lowest BCUT2D eigenvalue weighted by Crippen LogP contribution is -2.40. The van der Waals surface area contributed by atoms with E-state index in [1.165, 1.54) is 51.3 Å². The van der Waals surface area contributed by atoms with Crippen molar-refractivity contribution in [2.75, 3.05) is 35.0 Å². The Kier molecular flexibility index (Phi) is 9.59. The van der Waals surface area contributed by atoms with Crippen molar-refractivity contribution in [3.8, 4) is 28.7 Å². The van der Waals surface area contributed by atoms with Crippen LogP contribution in [0.3, 0.4) is 0 Å². The van der Waals surface area contributed by atoms with Crippen LogP contribution in [0.1, 0.15) is 44.9 Å². The Morgan fingerprint density at radius 1 is 0.977 bits per heavy atom. The molecule has 0 spiro atoms. The van der Waals surface area contributed by atoms with Crippen LogP contribution in [-0.2, 0) is 14.3 Å². The van der Waals surface area contributed by atoms with Crippen molar-refractivity contribution in [3.63, 3.8) is 0 Å². The zero-order chi connectivity index (χ0) is 31.4. The smallest absolute Gasteiger partial charge is 0.338 e. The number of benzene rings is 2. The first-order valence-electron chi connectivity index (χ1n) is 13.4. The maximum absolute atomic E-state index is 14.1. The second-order valence-electron chi connectivity index (χ2n) is 10.0. The number of aromatic nitrogens is 1. The highest BCUT2D eigenvalue weighted by molar-refractivity contribution is 7.07. The van der Waals surface area contributed by atoms with E-state index in [4.69, 9.17) is 28.4 Å². The molecule has 0 fully saturated rings. The number of carbonyl (C=O) groups is 2. The van der Waals surface area contributed by atoms with Crippen molar-refractivity contribution in [2.45, 2.75) is 33.7 Å². The average Bonchev–Trinajstić information content (AvgIpc) is 3.28. The van der Waals surface area contributed by atoms with Gasteiger partial charge in [0.05, 0.1) is 56.9 Å². The average molecular weight is 611 g/mol. The molecule has 2 aromatic carbocycles. The molecule has 4 rings (SSSR count). The van der Waals surface area contributed by atoms with E-state index in [1.54, 1.807) is 43.3 Å². The van der Waals surface area contributed by atoms with Crippen molar-refractivity contribution in [3.05, 3.63) is 72.4 Å². The van der Waals surface area contributed by atoms with Crippen molar-refractivity contribution in [2.24, 2.45) is 10.9 Å². The number of carbonyl (C=O) groups excluding carboxylic acids is 2. The molecule has 0 radical (unpaired) electrons. The molecule has 3 aromatic rings. The van der Waals surface area contributed by atoms with Gasteiger partial charge in [-0.2, -0.15) is 0 Å². The Labute approximate surface area is 252 Å². The van der Waals surface area contributed by atoms with Gasteiger partial charge < -0.3 is 28.4 Å². The predicted molar refractivity (Wildman–Crippen MR) is 160 cm³/mol. The molecule has 0 aliphatic carbocycles. The van der Waals surface area contributed by atoms with Crippen LogP contribution in [-0.4, -0.2) is 51.6 Å². The van der Waals surface area contributed by atoms with E-state index in [2.05, 4.69) is 4.99 Å². The number of esters is 2. The van der Waals surface area contributed by atoms with Gasteiger partial charge in [-0.05, 0) is 54.3 Å². The highest BCUT2D eigenvalue weighted by atomic mass is 32.1. The van der Waals surface area contributed by atoms with Crippen molar-refractivity contribution in [1.82, 2.24) is 4.57 Å². The van der Waals surface area contributed by atoms with Gasteiger partial charge in [-0.15, -0.1) is 0 Å². The van der Waals surface area contributed by atoms with Crippen molar-refractivity contribution < 1.29 is 38.0 Å². The molecule has 1 aliphatic heterocycles. The maximum Gasteiger partial charge on any atom is 0.338 e. The van der Waals surface area contributed by atoms with Crippen molar-refractivity contribution in [1.29, 1.82) is 0 Å². The molecular formula is C31H34N2O9S. The van der Waals surface area contributed by atoms with E-state index >= 15 is 0 Å². The van der Waals surface area contributed by atoms with Gasteiger partial charge >= 0.3 is 11.9 Å². The second-order valence-corrected chi connectivity index (χ2v) is 11.0. The third kappa shape index (κ3) is 6.43. The van der Waals surface area contributed by atoms with E-state index in [0.29, 0.717) is 43.4 Å². The number of fused-ring (bicyclic) bond motifs is 1. The second kappa shape index (κ2) is 13.2. The number of hydrogen-bond acceptors (Lipinski definition) is 11. The number of hydrogen-bond donors (Lipinski definition) is 0. The highest BCUT2D eigenvalue weighted by Gasteiger charge is 2.34. The Hall–Kier alpha value is -4.58. The minimum atomic E-state index is -0.890. The standard InChI is InChI=1S/C31H34N2O9S/c1-16(2)15-41-30(36)26-17(3)32-31-33(27(26)20-9-10-21(42-18(4)34)22(14-20)37-5)29(35)25(43-31)13-19-11-23(38-6)28(40-8)24(12-19)39-7/h9-14,16,27H,15H2,1-8H3. The summed E-state index contributed by atoms with van der Waals surface area (Å²) in [4.78, 5) is 44.2. The number of methoxy groups -OCH3 is 4. The van der Waals surface area contributed by atoms with Crippen LogP contribution in [0.2, 0.25) is 0 Å². The summed E-state index contributed by atoms with van der Waals surface area (Å²) in [6.45, 7) is 7.06. The van der Waals surface area contributed by atoms with Crippen LogP contribution in [0, 0.1) is 5.92 Å². The summed E-state index contributed by atoms with van der Waals surface area (Å²) in [5.74, 6) is 0.770. The fraction of sp³-hybridized carbons (Fsp3) is 0.355. The summed E-state index contributed by atoms with van der Waals surface area (Å²) in [6, 6.07) is 7.45. The molecule has 1 unspecified atom stereocenters. The summed E-state index contributed by atoms with van der Waals surface area (Å²) in [6.07, 6.45) is 1.70. The van der Waals surface area contributed by atoms with Crippen LogP contribution >= 0.6 is 11.3 Å². The van der Waals surface area contributed by atoms with Crippen LogP contribution in [0.25, 0.3) is 6.08 Å². The van der Waals surface area contributed by atoms with E-state index < -0.39 is 18.0 Å². The molecule has 0 N–H and O–H groups in total. The normalized spacial score (nSPS) is 14.6. The molecule has 1 aromatic heterocycles. The van der Waals surface area contributed by atoms with Gasteiger partial charge in [0.1, 0.15) is 0 Å². The van der Waals surface area contributed by atoms with Crippen LogP contribution in [0.15, 0.2) is 51.4 Å². The van der Waals surface area contributed by atoms with Crippen LogP contribution in [0.4, 0.5) is 0 Å². The van der Waals surface area contributed by atoms with Gasteiger partial charge in [0, 0.05) is 6.92 Å². The molecular weight excluding hydrogens is 576 g/mol. The molecule has 228 valence electrons. The predicted octanol–water partition coefficient (Wildman–Crippen LogP) is 3.39.